The van der Waals surface area contributed by atoms with Gasteiger partial charge in [-0.1, -0.05) is 29.4 Å². The molecule has 1 aliphatic rings. The third kappa shape index (κ3) is 6.59. The number of rotatable bonds is 11. The Kier molecular flexibility index (Phi) is 8.36. The third-order valence-corrected chi connectivity index (χ3v) is 6.72. The average Bonchev–Trinajstić information content (AvgIpc) is 3.79. The van der Waals surface area contributed by atoms with Gasteiger partial charge in [-0.3, -0.25) is 14.6 Å². The molecule has 1 saturated carbocycles. The zero-order valence-corrected chi connectivity index (χ0v) is 22.0. The van der Waals surface area contributed by atoms with Crippen LogP contribution in [0.5, 0.6) is 0 Å². The summed E-state index contributed by atoms with van der Waals surface area (Å²) in [5.41, 5.74) is 10.3. The molecule has 4 aromatic rings. The van der Waals surface area contributed by atoms with Crippen LogP contribution in [0.2, 0.25) is 0 Å². The van der Waals surface area contributed by atoms with Gasteiger partial charge in [0, 0.05) is 52.9 Å². The Morgan fingerprint density at radius 1 is 0.976 bits per heavy atom. The first-order chi connectivity index (χ1) is 19.9. The highest BCUT2D eigenvalue weighted by atomic mass is 19.1. The number of nitrogens with zero attached hydrogens (tertiary/aromatic N) is 4. The molecule has 0 atom stereocenters. The third-order valence-electron chi connectivity index (χ3n) is 6.72. The maximum absolute atomic E-state index is 15.3. The summed E-state index contributed by atoms with van der Waals surface area (Å²) < 4.78 is 30.4. The molecule has 5 rings (SSSR count). The van der Waals surface area contributed by atoms with Gasteiger partial charge in [-0.05, 0) is 67.1 Å². The fourth-order valence-electron chi connectivity index (χ4n) is 4.41. The van der Waals surface area contributed by atoms with Crippen LogP contribution in [0.15, 0.2) is 72.0 Å². The van der Waals surface area contributed by atoms with Crippen molar-refractivity contribution in [2.24, 2.45) is 5.11 Å². The van der Waals surface area contributed by atoms with Gasteiger partial charge in [0.15, 0.2) is 0 Å². The maximum Gasteiger partial charge on any atom is 0.255 e. The van der Waals surface area contributed by atoms with Gasteiger partial charge in [-0.25, -0.2) is 8.78 Å². The zero-order valence-electron chi connectivity index (χ0n) is 22.0. The van der Waals surface area contributed by atoms with Crippen LogP contribution in [0.3, 0.4) is 0 Å². The van der Waals surface area contributed by atoms with Gasteiger partial charge in [0.2, 0.25) is 0 Å². The number of anilines is 2. The largest absolute Gasteiger partial charge is 0.354 e. The Morgan fingerprint density at radius 2 is 1.78 bits per heavy atom. The SMILES string of the molecule is [N-]=[N+]=NCCCCNC(=O)c1ccc(-c2cc3c(Nc4ccccc4)c(C(=O)NC4CC4)cnc3cc2F)cc1F. The smallest absolute Gasteiger partial charge is 0.255 e. The Balaban J connectivity index is 1.47. The summed E-state index contributed by atoms with van der Waals surface area (Å²) in [6.07, 6.45) is 4.42. The van der Waals surface area contributed by atoms with E-state index in [1.54, 1.807) is 0 Å². The number of benzene rings is 3. The van der Waals surface area contributed by atoms with Crippen LogP contribution in [-0.2, 0) is 0 Å². The lowest BCUT2D eigenvalue weighted by molar-refractivity contribution is 0.0941. The molecule has 1 heterocycles. The highest BCUT2D eigenvalue weighted by molar-refractivity contribution is 6.09. The van der Waals surface area contributed by atoms with Gasteiger partial charge < -0.3 is 16.0 Å². The second-order valence-corrected chi connectivity index (χ2v) is 9.75. The standard InChI is InChI=1S/C30H27F2N7O2/c31-25-14-18(8-11-21(25)29(40)34-12-4-5-13-36-39-33)22-15-23-27(16-26(22)32)35-17-24(30(41)38-20-9-10-20)28(23)37-19-6-2-1-3-7-19/h1-3,6-8,11,14-17,20H,4-5,9-10,12-13H2,(H,34,40)(H,35,37)(H,38,41). The van der Waals surface area contributed by atoms with Gasteiger partial charge in [0.25, 0.3) is 11.8 Å². The molecule has 0 bridgehead atoms. The molecule has 9 nitrogen and oxygen atoms in total. The van der Waals surface area contributed by atoms with Crippen molar-refractivity contribution in [2.75, 3.05) is 18.4 Å². The number of unbranched alkanes of at least 4 members (excludes halogenated alkanes) is 1. The number of amides is 2. The van der Waals surface area contributed by atoms with Gasteiger partial charge in [-0.15, -0.1) is 0 Å². The molecule has 0 aliphatic heterocycles. The van der Waals surface area contributed by atoms with E-state index in [9.17, 15) is 9.59 Å². The number of carbonyl (C=O) groups is 2. The highest BCUT2D eigenvalue weighted by Crippen LogP contribution is 2.35. The Morgan fingerprint density at radius 3 is 2.51 bits per heavy atom. The molecule has 0 radical (unpaired) electrons. The fourth-order valence-corrected chi connectivity index (χ4v) is 4.41. The van der Waals surface area contributed by atoms with Gasteiger partial charge >= 0.3 is 0 Å². The molecule has 0 saturated heterocycles. The molecule has 11 heteroatoms. The van der Waals surface area contributed by atoms with Crippen LogP contribution in [0, 0.1) is 11.6 Å². The second-order valence-electron chi connectivity index (χ2n) is 9.75. The van der Waals surface area contributed by atoms with Gasteiger partial charge in [0.1, 0.15) is 11.6 Å². The predicted octanol–water partition coefficient (Wildman–Crippen LogP) is 6.64. The first-order valence-electron chi connectivity index (χ1n) is 13.3. The van der Waals surface area contributed by atoms with Gasteiger partial charge in [-0.2, -0.15) is 0 Å². The predicted molar refractivity (Wildman–Crippen MR) is 153 cm³/mol. The van der Waals surface area contributed by atoms with Crippen molar-refractivity contribution in [2.45, 2.75) is 31.7 Å². The number of aromatic nitrogens is 1. The van der Waals surface area contributed by atoms with E-state index >= 15 is 8.78 Å². The summed E-state index contributed by atoms with van der Waals surface area (Å²) in [6, 6.07) is 16.1. The minimum absolute atomic E-state index is 0.0964. The van der Waals surface area contributed by atoms with Crippen molar-refractivity contribution in [3.05, 3.63) is 100 Å². The lowest BCUT2D eigenvalue weighted by Gasteiger charge is -2.16. The zero-order chi connectivity index (χ0) is 28.8. The van der Waals surface area contributed by atoms with Crippen LogP contribution in [0.1, 0.15) is 46.4 Å². The molecule has 3 N–H and O–H groups in total. The fraction of sp³-hybridized carbons (Fsp3) is 0.233. The molecular weight excluding hydrogens is 528 g/mol. The van der Waals surface area contributed by atoms with Gasteiger partial charge in [0.05, 0.1) is 22.3 Å². The van der Waals surface area contributed by atoms with Crippen LogP contribution in [0.4, 0.5) is 20.2 Å². The molecule has 3 aromatic carbocycles. The van der Waals surface area contributed by atoms with E-state index in [4.69, 9.17) is 5.53 Å². The summed E-state index contributed by atoms with van der Waals surface area (Å²) in [4.78, 5) is 32.6. The number of hydrogen-bond acceptors (Lipinski definition) is 5. The molecular formula is C30H27F2N7O2. The molecule has 208 valence electrons. The van der Waals surface area contributed by atoms with Crippen LogP contribution in [0.25, 0.3) is 32.5 Å². The van der Waals surface area contributed by atoms with E-state index in [0.29, 0.717) is 48.1 Å². The first-order valence-corrected chi connectivity index (χ1v) is 13.3. The molecule has 41 heavy (non-hydrogen) atoms. The first kappa shape index (κ1) is 27.5. The minimum Gasteiger partial charge on any atom is -0.354 e. The number of pyridine rings is 1. The monoisotopic (exact) mass is 555 g/mol. The maximum atomic E-state index is 15.3. The summed E-state index contributed by atoms with van der Waals surface area (Å²) in [6.45, 7) is 0.610. The lowest BCUT2D eigenvalue weighted by Crippen LogP contribution is -2.26. The number of halogens is 2. The summed E-state index contributed by atoms with van der Waals surface area (Å²) in [7, 11) is 0. The minimum atomic E-state index is -0.799. The normalized spacial score (nSPS) is 12.4. The van der Waals surface area contributed by atoms with Crippen LogP contribution >= 0.6 is 0 Å². The quantitative estimate of drug-likeness (QED) is 0.0829. The number of para-hydroxylation sites is 1. The summed E-state index contributed by atoms with van der Waals surface area (Å²) >= 11 is 0. The molecule has 1 aliphatic carbocycles. The number of nitrogens with one attached hydrogen (secondary N) is 3. The molecule has 0 spiro atoms. The van der Waals surface area contributed by atoms with Crippen LogP contribution in [-0.4, -0.2) is 35.9 Å². The van der Waals surface area contributed by atoms with Crippen molar-refractivity contribution in [3.63, 3.8) is 0 Å². The van der Waals surface area contributed by atoms with Crippen molar-refractivity contribution in [1.29, 1.82) is 0 Å². The van der Waals surface area contributed by atoms with E-state index in [0.717, 1.165) is 24.6 Å². The van der Waals surface area contributed by atoms with Crippen molar-refractivity contribution in [1.82, 2.24) is 15.6 Å². The highest BCUT2D eigenvalue weighted by Gasteiger charge is 2.26. The topological polar surface area (TPSA) is 132 Å². The summed E-state index contributed by atoms with van der Waals surface area (Å²) in [5, 5.41) is 12.8. The second kappa shape index (κ2) is 12.4. The van der Waals surface area contributed by atoms with E-state index in [2.05, 4.69) is 31.0 Å². The van der Waals surface area contributed by atoms with E-state index < -0.39 is 17.5 Å². The molecule has 0 unspecified atom stereocenters. The average molecular weight is 556 g/mol. The lowest BCUT2D eigenvalue weighted by atomic mass is 9.98. The van der Waals surface area contributed by atoms with E-state index in [-0.39, 0.29) is 28.6 Å². The number of carbonyl (C=O) groups excluding carboxylic acids is 2. The molecule has 1 aromatic heterocycles. The van der Waals surface area contributed by atoms with E-state index in [1.807, 2.05) is 30.3 Å². The van der Waals surface area contributed by atoms with Crippen molar-refractivity contribution >= 4 is 34.1 Å². The number of hydrogen-bond donors (Lipinski definition) is 3. The van der Waals surface area contributed by atoms with Crippen molar-refractivity contribution in [3.8, 4) is 11.1 Å². The Labute approximate surface area is 234 Å². The van der Waals surface area contributed by atoms with E-state index in [1.165, 1.54) is 30.5 Å². The molecule has 2 amide bonds. The number of fused-ring (bicyclic) bond motifs is 1. The number of azide groups is 1. The van der Waals surface area contributed by atoms with Crippen LogP contribution < -0.4 is 16.0 Å². The Hall–Kier alpha value is -5.02. The summed E-state index contributed by atoms with van der Waals surface area (Å²) in [5.74, 6) is -2.30. The molecule has 1 fully saturated rings. The Bertz CT molecular complexity index is 1650. The van der Waals surface area contributed by atoms with Crippen molar-refractivity contribution < 1.29 is 18.4 Å².